The summed E-state index contributed by atoms with van der Waals surface area (Å²) in [6, 6.07) is 61.4. The van der Waals surface area contributed by atoms with Gasteiger partial charge in [0.25, 0.3) is 16.6 Å². The predicted octanol–water partition coefficient (Wildman–Crippen LogP) is 9.43. The van der Waals surface area contributed by atoms with Gasteiger partial charge in [-0.15, -0.1) is 0 Å². The van der Waals surface area contributed by atoms with Gasteiger partial charge in [-0.05, 0) is 59.5 Å². The van der Waals surface area contributed by atoms with Crippen molar-refractivity contribution in [3.63, 3.8) is 0 Å². The predicted molar refractivity (Wildman–Crippen MR) is 221 cm³/mol. The first-order valence-electron chi connectivity index (χ1n) is 18.2. The molecular formula is C47H52O2Si2. The van der Waals surface area contributed by atoms with Crippen molar-refractivity contribution in [3.05, 3.63) is 192 Å². The van der Waals surface area contributed by atoms with E-state index < -0.39 is 16.6 Å². The Morgan fingerprint density at radius 2 is 0.569 bits per heavy atom. The maximum absolute atomic E-state index is 7.18. The van der Waals surface area contributed by atoms with Gasteiger partial charge >= 0.3 is 0 Å². The first kappa shape index (κ1) is 36.5. The summed E-state index contributed by atoms with van der Waals surface area (Å²) < 4.78 is 14.4. The number of rotatable bonds is 12. The van der Waals surface area contributed by atoms with E-state index in [0.717, 1.165) is 6.42 Å². The molecule has 0 saturated carbocycles. The summed E-state index contributed by atoms with van der Waals surface area (Å²) in [5, 5.41) is 5.13. The zero-order valence-corrected chi connectivity index (χ0v) is 33.1. The Hall–Kier alpha value is -4.33. The van der Waals surface area contributed by atoms with E-state index in [1.54, 1.807) is 0 Å². The third kappa shape index (κ3) is 7.80. The highest BCUT2D eigenvalue weighted by Crippen LogP contribution is 2.38. The molecule has 0 atom stereocenters. The molecule has 6 aromatic rings. The average molecular weight is 705 g/mol. The molecule has 0 unspecified atom stereocenters. The molecular weight excluding hydrogens is 653 g/mol. The molecule has 0 bridgehead atoms. The maximum Gasteiger partial charge on any atom is 0.261 e. The van der Waals surface area contributed by atoms with E-state index in [2.05, 4.69) is 211 Å². The molecule has 4 heteroatoms. The van der Waals surface area contributed by atoms with Crippen molar-refractivity contribution in [1.82, 2.24) is 0 Å². The molecule has 260 valence electrons. The monoisotopic (exact) mass is 704 g/mol. The van der Waals surface area contributed by atoms with Crippen LogP contribution in [0.4, 0.5) is 0 Å². The number of benzene rings is 6. The lowest BCUT2D eigenvalue weighted by Gasteiger charge is -2.43. The maximum atomic E-state index is 7.18. The number of hydrogen-bond acceptors (Lipinski definition) is 2. The van der Waals surface area contributed by atoms with Crippen LogP contribution >= 0.6 is 0 Å². The van der Waals surface area contributed by atoms with Gasteiger partial charge in [0.1, 0.15) is 0 Å². The first-order chi connectivity index (χ1) is 24.5. The van der Waals surface area contributed by atoms with Crippen molar-refractivity contribution in [2.24, 2.45) is 0 Å². The van der Waals surface area contributed by atoms with Gasteiger partial charge < -0.3 is 8.85 Å². The van der Waals surface area contributed by atoms with Crippen LogP contribution < -0.4 is 20.7 Å². The summed E-state index contributed by atoms with van der Waals surface area (Å²) in [4.78, 5) is 0. The zero-order valence-electron chi connectivity index (χ0n) is 31.1. The molecule has 0 heterocycles. The van der Waals surface area contributed by atoms with Crippen LogP contribution in [0.15, 0.2) is 170 Å². The molecule has 51 heavy (non-hydrogen) atoms. The van der Waals surface area contributed by atoms with Crippen LogP contribution in [0.25, 0.3) is 0 Å². The Kier molecular flexibility index (Phi) is 11.1. The summed E-state index contributed by atoms with van der Waals surface area (Å²) in [7, 11) is -5.18. The minimum absolute atomic E-state index is 0.0492. The average Bonchev–Trinajstić information content (AvgIpc) is 3.14. The lowest BCUT2D eigenvalue weighted by Crippen LogP contribution is -2.66. The van der Waals surface area contributed by atoms with E-state index >= 15 is 0 Å². The third-order valence-electron chi connectivity index (χ3n) is 10.2. The molecule has 6 rings (SSSR count). The van der Waals surface area contributed by atoms with Gasteiger partial charge in [-0.1, -0.05) is 211 Å². The standard InChI is InChI=1S/C47H52O2Si2/c1-46(2,3)50(42-19-11-7-12-20-42,43-21-13-8-14-22-43)48-36-40-31-27-38(28-32-40)35-39-29-33-41(34-30-39)37-49-51(47(4,5)6,44-23-15-9-16-24-44)45-25-17-10-18-26-45/h7-34H,35-37H2,1-6H3. The lowest BCUT2D eigenvalue weighted by molar-refractivity contribution is 0.286. The second-order valence-electron chi connectivity index (χ2n) is 15.7. The molecule has 2 nitrogen and oxygen atoms in total. The van der Waals surface area contributed by atoms with Crippen molar-refractivity contribution in [2.45, 2.75) is 71.3 Å². The Balaban J connectivity index is 1.16. The molecule has 0 aliphatic heterocycles. The summed E-state index contributed by atoms with van der Waals surface area (Å²) in [6.07, 6.45) is 0.881. The highest BCUT2D eigenvalue weighted by Gasteiger charge is 2.51. The largest absolute Gasteiger partial charge is 0.403 e. The highest BCUT2D eigenvalue weighted by molar-refractivity contribution is 7.00. The van der Waals surface area contributed by atoms with Crippen LogP contribution in [0.2, 0.25) is 10.1 Å². The Morgan fingerprint density at radius 3 is 0.804 bits per heavy atom. The van der Waals surface area contributed by atoms with Gasteiger partial charge in [-0.2, -0.15) is 0 Å². The van der Waals surface area contributed by atoms with Crippen molar-refractivity contribution in [1.29, 1.82) is 0 Å². The van der Waals surface area contributed by atoms with E-state index in [-0.39, 0.29) is 10.1 Å². The van der Waals surface area contributed by atoms with E-state index in [0.29, 0.717) is 13.2 Å². The van der Waals surface area contributed by atoms with Crippen molar-refractivity contribution in [2.75, 3.05) is 0 Å². The van der Waals surface area contributed by atoms with Crippen LogP contribution in [0.1, 0.15) is 63.8 Å². The molecule has 0 spiro atoms. The Labute approximate surface area is 308 Å². The molecule has 0 aliphatic rings. The fraction of sp³-hybridized carbons (Fsp3) is 0.234. The summed E-state index contributed by atoms with van der Waals surface area (Å²) in [5.74, 6) is 0. The topological polar surface area (TPSA) is 18.5 Å². The van der Waals surface area contributed by atoms with E-state index in [1.807, 2.05) is 0 Å². The summed E-state index contributed by atoms with van der Waals surface area (Å²) in [6.45, 7) is 15.1. The minimum atomic E-state index is -2.59. The van der Waals surface area contributed by atoms with Crippen LogP contribution in [-0.2, 0) is 28.5 Å². The van der Waals surface area contributed by atoms with Gasteiger partial charge in [0, 0.05) is 0 Å². The van der Waals surface area contributed by atoms with Crippen LogP contribution in [0.5, 0.6) is 0 Å². The van der Waals surface area contributed by atoms with Crippen LogP contribution in [0.3, 0.4) is 0 Å². The molecule has 0 N–H and O–H groups in total. The Bertz CT molecular complexity index is 1720. The second-order valence-corrected chi connectivity index (χ2v) is 24.3. The van der Waals surface area contributed by atoms with E-state index in [1.165, 1.54) is 43.0 Å². The minimum Gasteiger partial charge on any atom is -0.403 e. The second kappa shape index (κ2) is 15.5. The van der Waals surface area contributed by atoms with Crippen molar-refractivity contribution >= 4 is 37.4 Å². The molecule has 0 aliphatic carbocycles. The summed E-state index contributed by atoms with van der Waals surface area (Å²) in [5.41, 5.74) is 4.98. The molecule has 0 saturated heterocycles. The smallest absolute Gasteiger partial charge is 0.261 e. The lowest BCUT2D eigenvalue weighted by atomic mass is 10.0. The van der Waals surface area contributed by atoms with E-state index in [4.69, 9.17) is 8.85 Å². The summed E-state index contributed by atoms with van der Waals surface area (Å²) >= 11 is 0. The highest BCUT2D eigenvalue weighted by atomic mass is 28.4. The van der Waals surface area contributed by atoms with Crippen molar-refractivity contribution < 1.29 is 8.85 Å². The quantitative estimate of drug-likeness (QED) is 0.118. The molecule has 0 amide bonds. The van der Waals surface area contributed by atoms with Crippen molar-refractivity contribution in [3.8, 4) is 0 Å². The van der Waals surface area contributed by atoms with Crippen LogP contribution in [0, 0.1) is 0 Å². The fourth-order valence-corrected chi connectivity index (χ4v) is 16.7. The molecule has 6 aromatic carbocycles. The fourth-order valence-electron chi connectivity index (χ4n) is 7.65. The van der Waals surface area contributed by atoms with Gasteiger partial charge in [-0.3, -0.25) is 0 Å². The molecule has 0 fully saturated rings. The third-order valence-corrected chi connectivity index (χ3v) is 20.2. The zero-order chi connectivity index (χ0) is 36.0. The van der Waals surface area contributed by atoms with Crippen LogP contribution in [-0.4, -0.2) is 16.6 Å². The normalized spacial score (nSPS) is 12.5. The molecule has 0 radical (unpaired) electrons. The van der Waals surface area contributed by atoms with E-state index in [9.17, 15) is 0 Å². The molecule has 0 aromatic heterocycles. The van der Waals surface area contributed by atoms with Gasteiger partial charge in [0.2, 0.25) is 0 Å². The van der Waals surface area contributed by atoms with Gasteiger partial charge in [0.05, 0.1) is 13.2 Å². The first-order valence-corrected chi connectivity index (χ1v) is 22.0. The SMILES string of the molecule is CC(C)(C)[Si](OCc1ccc(Cc2ccc(CO[Si](c3ccccc3)(c3ccccc3)C(C)(C)C)cc2)cc1)(c1ccccc1)c1ccccc1. The number of hydrogen-bond donors (Lipinski definition) is 0. The van der Waals surface area contributed by atoms with Gasteiger partial charge in [0.15, 0.2) is 0 Å². The Morgan fingerprint density at radius 1 is 0.333 bits per heavy atom. The van der Waals surface area contributed by atoms with Gasteiger partial charge in [-0.25, -0.2) is 0 Å².